The van der Waals surface area contributed by atoms with E-state index in [0.717, 1.165) is 6.42 Å². The van der Waals surface area contributed by atoms with Gasteiger partial charge < -0.3 is 20.5 Å². The average molecular weight is 387 g/mol. The number of esters is 1. The third kappa shape index (κ3) is 4.52. The Morgan fingerprint density at radius 3 is 2.61 bits per heavy atom. The molecule has 0 atom stereocenters. The highest BCUT2D eigenvalue weighted by Gasteiger charge is 2.29. The number of ether oxygens (including phenoxy) is 2. The zero-order valence-electron chi connectivity index (χ0n) is 17.2. The second kappa shape index (κ2) is 8.91. The number of anilines is 1. The molecule has 2 rings (SSSR count). The molecule has 0 spiro atoms. The Morgan fingerprint density at radius 1 is 1.25 bits per heavy atom. The van der Waals surface area contributed by atoms with Crippen LogP contribution in [-0.2, 0) is 9.53 Å². The minimum Gasteiger partial charge on any atom is -0.492 e. The third-order valence-corrected chi connectivity index (χ3v) is 4.41. The summed E-state index contributed by atoms with van der Waals surface area (Å²) in [5.74, 6) is -0.117. The van der Waals surface area contributed by atoms with Crippen LogP contribution in [0.25, 0.3) is 10.9 Å². The number of amides is 1. The van der Waals surface area contributed by atoms with Gasteiger partial charge in [-0.05, 0) is 46.2 Å². The summed E-state index contributed by atoms with van der Waals surface area (Å²) >= 11 is 0. The molecule has 0 bridgehead atoms. The summed E-state index contributed by atoms with van der Waals surface area (Å²) < 4.78 is 11.1. The predicted octanol–water partition coefficient (Wildman–Crippen LogP) is 3.23. The number of nitrogens with two attached hydrogens (primary N) is 1. The molecule has 0 unspecified atom stereocenters. The molecule has 3 N–H and O–H groups in total. The third-order valence-electron chi connectivity index (χ3n) is 4.41. The van der Waals surface area contributed by atoms with Crippen molar-refractivity contribution in [3.05, 3.63) is 29.5 Å². The number of aryl methyl sites for hydroxylation is 1. The molecule has 0 saturated carbocycles. The van der Waals surface area contributed by atoms with Gasteiger partial charge in [-0.25, -0.2) is 4.79 Å². The van der Waals surface area contributed by atoms with E-state index in [0.29, 0.717) is 28.9 Å². The lowest BCUT2D eigenvalue weighted by atomic mass is 9.93. The number of nitrogen functional groups attached to an aromatic ring is 1. The lowest BCUT2D eigenvalue weighted by Gasteiger charge is -2.24. The number of rotatable bonds is 8. The van der Waals surface area contributed by atoms with Crippen LogP contribution in [0.2, 0.25) is 0 Å². The summed E-state index contributed by atoms with van der Waals surface area (Å²) in [6.07, 6.45) is 0.865. The number of aromatic nitrogens is 1. The van der Waals surface area contributed by atoms with Crippen LogP contribution in [0.3, 0.4) is 0 Å². The molecule has 0 aliphatic rings. The van der Waals surface area contributed by atoms with Crippen molar-refractivity contribution < 1.29 is 19.1 Å². The Bertz CT molecular complexity index is 878. The van der Waals surface area contributed by atoms with E-state index in [4.69, 9.17) is 15.2 Å². The van der Waals surface area contributed by atoms with Crippen molar-refractivity contribution >= 4 is 28.5 Å². The van der Waals surface area contributed by atoms with Crippen LogP contribution in [0.5, 0.6) is 5.75 Å². The topological polar surface area (TPSA) is 104 Å². The molecule has 0 aliphatic carbocycles. The summed E-state index contributed by atoms with van der Waals surface area (Å²) in [6, 6.07) is 5.36. The summed E-state index contributed by atoms with van der Waals surface area (Å²) in [7, 11) is 0. The van der Waals surface area contributed by atoms with Crippen molar-refractivity contribution in [2.24, 2.45) is 5.41 Å². The highest BCUT2D eigenvalue weighted by atomic mass is 16.5. The van der Waals surface area contributed by atoms with Gasteiger partial charge in [0.25, 0.3) is 0 Å². The lowest BCUT2D eigenvalue weighted by Crippen LogP contribution is -2.41. The summed E-state index contributed by atoms with van der Waals surface area (Å²) in [5.41, 5.74) is 7.22. The molecule has 0 saturated heterocycles. The highest BCUT2D eigenvalue weighted by Crippen LogP contribution is 2.34. The number of pyridine rings is 1. The fraction of sp³-hybridized carbons (Fsp3) is 0.476. The van der Waals surface area contributed by atoms with E-state index in [9.17, 15) is 9.59 Å². The zero-order valence-corrected chi connectivity index (χ0v) is 17.2. The van der Waals surface area contributed by atoms with Gasteiger partial charge in [0, 0.05) is 6.54 Å². The molecule has 2 aromatic rings. The van der Waals surface area contributed by atoms with Crippen molar-refractivity contribution in [1.82, 2.24) is 10.3 Å². The molecule has 1 heterocycles. The number of benzene rings is 1. The van der Waals surface area contributed by atoms with E-state index >= 15 is 0 Å². The standard InChI is InChI=1S/C21H29N3O4/c1-6-11-23-20(26)21(4,5)12-28-15-10-8-9-14-17(15)18(22)16(13(3)24-14)19(25)27-7-2/h8-10H,6-7,11-12H2,1-5H3,(H2,22,24)(H,23,26). The van der Waals surface area contributed by atoms with Gasteiger partial charge in [-0.1, -0.05) is 13.0 Å². The maximum atomic E-state index is 12.3. The van der Waals surface area contributed by atoms with Crippen LogP contribution in [-0.4, -0.2) is 36.6 Å². The molecule has 1 aromatic heterocycles. The molecule has 152 valence electrons. The normalized spacial score (nSPS) is 11.3. The fourth-order valence-corrected chi connectivity index (χ4v) is 2.82. The minimum absolute atomic E-state index is 0.0799. The first-order valence-corrected chi connectivity index (χ1v) is 9.50. The number of fused-ring (bicyclic) bond motifs is 1. The minimum atomic E-state index is -0.728. The van der Waals surface area contributed by atoms with Crippen molar-refractivity contribution in [1.29, 1.82) is 0 Å². The second-order valence-corrected chi connectivity index (χ2v) is 7.29. The molecular weight excluding hydrogens is 358 g/mol. The first-order valence-electron chi connectivity index (χ1n) is 9.50. The second-order valence-electron chi connectivity index (χ2n) is 7.29. The quantitative estimate of drug-likeness (QED) is 0.674. The molecule has 1 aromatic carbocycles. The van der Waals surface area contributed by atoms with Crippen LogP contribution < -0.4 is 15.8 Å². The molecule has 0 radical (unpaired) electrons. The smallest absolute Gasteiger partial charge is 0.342 e. The van der Waals surface area contributed by atoms with Crippen LogP contribution >= 0.6 is 0 Å². The Morgan fingerprint density at radius 2 is 1.96 bits per heavy atom. The Balaban J connectivity index is 2.39. The first kappa shape index (κ1) is 21.5. The van der Waals surface area contributed by atoms with Crippen molar-refractivity contribution in [2.75, 3.05) is 25.5 Å². The number of carbonyl (C=O) groups excluding carboxylic acids is 2. The lowest BCUT2D eigenvalue weighted by molar-refractivity contribution is -0.130. The van der Waals surface area contributed by atoms with Gasteiger partial charge >= 0.3 is 5.97 Å². The number of hydrogen-bond acceptors (Lipinski definition) is 6. The molecule has 7 heteroatoms. The molecule has 0 aliphatic heterocycles. The molecule has 0 fully saturated rings. The number of nitrogens with zero attached hydrogens (tertiary/aromatic N) is 1. The van der Waals surface area contributed by atoms with Crippen LogP contribution in [0.15, 0.2) is 18.2 Å². The Kier molecular flexibility index (Phi) is 6.83. The average Bonchev–Trinajstić information content (AvgIpc) is 2.64. The molecule has 7 nitrogen and oxygen atoms in total. The molecule has 1 amide bonds. The van der Waals surface area contributed by atoms with Crippen LogP contribution in [0.1, 0.15) is 50.2 Å². The maximum absolute atomic E-state index is 12.3. The van der Waals surface area contributed by atoms with Crippen molar-refractivity contribution in [3.8, 4) is 5.75 Å². The maximum Gasteiger partial charge on any atom is 0.342 e. The van der Waals surface area contributed by atoms with E-state index in [1.54, 1.807) is 32.0 Å². The zero-order chi connectivity index (χ0) is 20.9. The van der Waals surface area contributed by atoms with Crippen LogP contribution in [0, 0.1) is 12.3 Å². The molecule has 28 heavy (non-hydrogen) atoms. The van der Waals surface area contributed by atoms with Gasteiger partial charge in [-0.3, -0.25) is 9.78 Å². The number of hydrogen-bond donors (Lipinski definition) is 2. The van der Waals surface area contributed by atoms with E-state index in [1.165, 1.54) is 0 Å². The number of nitrogens with one attached hydrogen (secondary N) is 1. The summed E-state index contributed by atoms with van der Waals surface area (Å²) in [6.45, 7) is 10.1. The van der Waals surface area contributed by atoms with E-state index in [-0.39, 0.29) is 30.4 Å². The SMILES string of the molecule is CCCNC(=O)C(C)(C)COc1cccc2nc(C)c(C(=O)OCC)c(N)c12. The van der Waals surface area contributed by atoms with Gasteiger partial charge in [0.05, 0.1) is 34.3 Å². The molecular formula is C21H29N3O4. The van der Waals surface area contributed by atoms with Gasteiger partial charge in [0.1, 0.15) is 17.9 Å². The monoisotopic (exact) mass is 387 g/mol. The highest BCUT2D eigenvalue weighted by molar-refractivity contribution is 6.07. The van der Waals surface area contributed by atoms with E-state index < -0.39 is 11.4 Å². The summed E-state index contributed by atoms with van der Waals surface area (Å²) in [5, 5.41) is 3.43. The fourth-order valence-electron chi connectivity index (χ4n) is 2.82. The number of carbonyl (C=O) groups is 2. The van der Waals surface area contributed by atoms with Gasteiger partial charge in [-0.15, -0.1) is 0 Å². The van der Waals surface area contributed by atoms with E-state index in [1.807, 2.05) is 20.8 Å². The van der Waals surface area contributed by atoms with Crippen molar-refractivity contribution in [3.63, 3.8) is 0 Å². The first-order chi connectivity index (χ1) is 13.2. The van der Waals surface area contributed by atoms with Gasteiger partial charge in [-0.2, -0.15) is 0 Å². The van der Waals surface area contributed by atoms with Crippen molar-refractivity contribution in [2.45, 2.75) is 41.0 Å². The largest absolute Gasteiger partial charge is 0.492 e. The Labute approximate surface area is 165 Å². The predicted molar refractivity (Wildman–Crippen MR) is 109 cm³/mol. The van der Waals surface area contributed by atoms with Crippen LogP contribution in [0.4, 0.5) is 5.69 Å². The summed E-state index contributed by atoms with van der Waals surface area (Å²) in [4.78, 5) is 29.1. The van der Waals surface area contributed by atoms with E-state index in [2.05, 4.69) is 10.3 Å². The van der Waals surface area contributed by atoms with Gasteiger partial charge in [0.15, 0.2) is 0 Å². The Hall–Kier alpha value is -2.83. The van der Waals surface area contributed by atoms with Gasteiger partial charge in [0.2, 0.25) is 5.91 Å².